The zero-order chi connectivity index (χ0) is 11.8. The van der Waals surface area contributed by atoms with Crippen molar-refractivity contribution in [1.82, 2.24) is 9.80 Å². The Morgan fingerprint density at radius 2 is 1.94 bits per heavy atom. The van der Waals surface area contributed by atoms with E-state index in [1.165, 1.54) is 26.2 Å². The van der Waals surface area contributed by atoms with Crippen LogP contribution >= 0.6 is 0 Å². The highest BCUT2D eigenvalue weighted by atomic mass is 16.5. The van der Waals surface area contributed by atoms with Crippen LogP contribution in [0.25, 0.3) is 0 Å². The second-order valence-corrected chi connectivity index (χ2v) is 4.64. The maximum absolute atomic E-state index is 9.29. The first kappa shape index (κ1) is 13.9. The van der Waals surface area contributed by atoms with Gasteiger partial charge in [-0.25, -0.2) is 0 Å². The molecule has 4 heteroatoms. The predicted octanol–water partition coefficient (Wildman–Crippen LogP) is 0.411. The molecule has 1 N–H and O–H groups in total. The van der Waals surface area contributed by atoms with Gasteiger partial charge in [0, 0.05) is 39.3 Å². The second-order valence-electron chi connectivity index (χ2n) is 4.64. The molecule has 0 spiro atoms. The third kappa shape index (κ3) is 5.80. The molecule has 0 aromatic carbocycles. The van der Waals surface area contributed by atoms with E-state index in [0.717, 1.165) is 26.0 Å². The van der Waals surface area contributed by atoms with Gasteiger partial charge in [-0.15, -0.1) is 0 Å². The van der Waals surface area contributed by atoms with E-state index in [9.17, 15) is 5.11 Å². The van der Waals surface area contributed by atoms with Crippen LogP contribution in [0.15, 0.2) is 0 Å². The summed E-state index contributed by atoms with van der Waals surface area (Å²) in [6.07, 6.45) is 1.56. The minimum absolute atomic E-state index is 0.288. The Morgan fingerprint density at radius 3 is 2.56 bits per heavy atom. The number of piperazine rings is 1. The number of hydrogen-bond donors (Lipinski definition) is 1. The highest BCUT2D eigenvalue weighted by molar-refractivity contribution is 4.68. The molecule has 16 heavy (non-hydrogen) atoms. The average Bonchev–Trinajstić information content (AvgIpc) is 2.31. The van der Waals surface area contributed by atoms with Crippen LogP contribution in [-0.4, -0.2) is 74.0 Å². The Balaban J connectivity index is 1.91. The number of rotatable bonds is 7. The van der Waals surface area contributed by atoms with Gasteiger partial charge in [0.2, 0.25) is 0 Å². The van der Waals surface area contributed by atoms with Gasteiger partial charge in [0.15, 0.2) is 0 Å². The lowest BCUT2D eigenvalue weighted by molar-refractivity contribution is 0.0298. The topological polar surface area (TPSA) is 35.9 Å². The highest BCUT2D eigenvalue weighted by Gasteiger charge is 2.12. The summed E-state index contributed by atoms with van der Waals surface area (Å²) in [4.78, 5) is 4.85. The summed E-state index contributed by atoms with van der Waals surface area (Å²) in [5.41, 5.74) is 0. The Hall–Kier alpha value is -0.160. The summed E-state index contributed by atoms with van der Waals surface area (Å²) in [7, 11) is 2.17. The Kier molecular flexibility index (Phi) is 6.96. The highest BCUT2D eigenvalue weighted by Crippen LogP contribution is 2.00. The molecule has 0 aromatic rings. The van der Waals surface area contributed by atoms with Crippen molar-refractivity contribution in [2.24, 2.45) is 0 Å². The fraction of sp³-hybridized carbons (Fsp3) is 1.00. The summed E-state index contributed by atoms with van der Waals surface area (Å²) in [5.74, 6) is 0. The molecule has 96 valence electrons. The molecule has 4 nitrogen and oxygen atoms in total. The molecular weight excluding hydrogens is 204 g/mol. The van der Waals surface area contributed by atoms with Crippen molar-refractivity contribution in [1.29, 1.82) is 0 Å². The minimum Gasteiger partial charge on any atom is -0.391 e. The van der Waals surface area contributed by atoms with Gasteiger partial charge in [-0.1, -0.05) is 6.92 Å². The number of hydrogen-bond acceptors (Lipinski definition) is 4. The van der Waals surface area contributed by atoms with Crippen LogP contribution in [0.2, 0.25) is 0 Å². The number of nitrogens with zero attached hydrogens (tertiary/aromatic N) is 2. The number of aliphatic hydroxyl groups is 1. The molecule has 1 aliphatic heterocycles. The maximum Gasteiger partial charge on any atom is 0.0771 e. The van der Waals surface area contributed by atoms with Gasteiger partial charge in [-0.05, 0) is 19.9 Å². The van der Waals surface area contributed by atoms with Crippen molar-refractivity contribution in [3.8, 4) is 0 Å². The van der Waals surface area contributed by atoms with Gasteiger partial charge in [-0.3, -0.25) is 0 Å². The van der Waals surface area contributed by atoms with E-state index in [-0.39, 0.29) is 6.10 Å². The fourth-order valence-electron chi connectivity index (χ4n) is 1.80. The molecule has 1 fully saturated rings. The zero-order valence-electron chi connectivity index (χ0n) is 10.7. The van der Waals surface area contributed by atoms with Crippen LogP contribution in [0, 0.1) is 0 Å². The van der Waals surface area contributed by atoms with Crippen LogP contribution in [0.3, 0.4) is 0 Å². The van der Waals surface area contributed by atoms with Crippen LogP contribution in [0.5, 0.6) is 0 Å². The van der Waals surface area contributed by atoms with E-state index < -0.39 is 0 Å². The van der Waals surface area contributed by atoms with Crippen LogP contribution < -0.4 is 0 Å². The molecule has 1 saturated heterocycles. The summed E-state index contributed by atoms with van der Waals surface area (Å²) in [6, 6.07) is 0. The fourth-order valence-corrected chi connectivity index (χ4v) is 1.80. The number of likely N-dealkylation sites (N-methyl/N-ethyl adjacent to an activating group) is 1. The van der Waals surface area contributed by atoms with Crippen LogP contribution in [0.4, 0.5) is 0 Å². The van der Waals surface area contributed by atoms with Crippen molar-refractivity contribution in [2.75, 3.05) is 53.0 Å². The lowest BCUT2D eigenvalue weighted by Crippen LogP contribution is -2.44. The van der Waals surface area contributed by atoms with Crippen molar-refractivity contribution in [3.05, 3.63) is 0 Å². The number of aliphatic hydroxyl groups excluding tert-OH is 1. The molecule has 0 bridgehead atoms. The first-order valence-electron chi connectivity index (χ1n) is 6.39. The Bertz CT molecular complexity index is 170. The van der Waals surface area contributed by atoms with E-state index in [4.69, 9.17) is 4.74 Å². The third-order valence-corrected chi connectivity index (χ3v) is 3.14. The smallest absolute Gasteiger partial charge is 0.0771 e. The normalized spacial score (nSPS) is 21.2. The quantitative estimate of drug-likeness (QED) is 0.643. The molecule has 0 radical (unpaired) electrons. The van der Waals surface area contributed by atoms with Gasteiger partial charge in [0.25, 0.3) is 0 Å². The summed E-state index contributed by atoms with van der Waals surface area (Å²) in [6.45, 7) is 9.05. The molecule has 0 aromatic heterocycles. The first-order chi connectivity index (χ1) is 7.72. The molecule has 1 rings (SSSR count). The summed E-state index contributed by atoms with van der Waals surface area (Å²) < 4.78 is 5.41. The largest absolute Gasteiger partial charge is 0.391 e. The van der Waals surface area contributed by atoms with Crippen molar-refractivity contribution in [3.63, 3.8) is 0 Å². The number of ether oxygens (including phenoxy) is 1. The van der Waals surface area contributed by atoms with Crippen molar-refractivity contribution >= 4 is 0 Å². The second kappa shape index (κ2) is 8.01. The van der Waals surface area contributed by atoms with Gasteiger partial charge < -0.3 is 19.6 Å². The van der Waals surface area contributed by atoms with Gasteiger partial charge in [0.1, 0.15) is 0 Å². The Morgan fingerprint density at radius 1 is 1.25 bits per heavy atom. The standard InChI is InChI=1S/C12H26N2O2/c1-3-12(15)11-16-10-4-5-14-8-6-13(2)7-9-14/h12,15H,3-11H2,1-2H3. The van der Waals surface area contributed by atoms with Crippen molar-refractivity contribution < 1.29 is 9.84 Å². The van der Waals surface area contributed by atoms with Gasteiger partial charge >= 0.3 is 0 Å². The molecule has 1 heterocycles. The Labute approximate surface area is 99.2 Å². The van der Waals surface area contributed by atoms with E-state index in [2.05, 4.69) is 16.8 Å². The summed E-state index contributed by atoms with van der Waals surface area (Å²) >= 11 is 0. The summed E-state index contributed by atoms with van der Waals surface area (Å²) in [5, 5.41) is 9.29. The lowest BCUT2D eigenvalue weighted by Gasteiger charge is -2.32. The predicted molar refractivity (Wildman–Crippen MR) is 65.7 cm³/mol. The first-order valence-corrected chi connectivity index (χ1v) is 6.39. The molecule has 1 aliphatic rings. The van der Waals surface area contributed by atoms with Crippen LogP contribution in [0.1, 0.15) is 19.8 Å². The minimum atomic E-state index is -0.288. The lowest BCUT2D eigenvalue weighted by atomic mass is 10.3. The molecule has 0 saturated carbocycles. The SMILES string of the molecule is CCC(O)COCCCN1CCN(C)CC1. The molecule has 0 amide bonds. The van der Waals surface area contributed by atoms with Crippen molar-refractivity contribution in [2.45, 2.75) is 25.9 Å². The molecule has 1 atom stereocenters. The third-order valence-electron chi connectivity index (χ3n) is 3.14. The van der Waals surface area contributed by atoms with Crippen LogP contribution in [-0.2, 0) is 4.74 Å². The average molecular weight is 230 g/mol. The maximum atomic E-state index is 9.29. The van der Waals surface area contributed by atoms with E-state index in [1.54, 1.807) is 0 Å². The van der Waals surface area contributed by atoms with Gasteiger partial charge in [0.05, 0.1) is 12.7 Å². The zero-order valence-corrected chi connectivity index (χ0v) is 10.7. The van der Waals surface area contributed by atoms with E-state index in [0.29, 0.717) is 6.61 Å². The molecular formula is C12H26N2O2. The van der Waals surface area contributed by atoms with E-state index in [1.807, 2.05) is 6.92 Å². The monoisotopic (exact) mass is 230 g/mol. The van der Waals surface area contributed by atoms with E-state index >= 15 is 0 Å². The molecule has 1 unspecified atom stereocenters. The van der Waals surface area contributed by atoms with Gasteiger partial charge in [-0.2, -0.15) is 0 Å². The molecule has 0 aliphatic carbocycles.